The third kappa shape index (κ3) is 1.77. The summed E-state index contributed by atoms with van der Waals surface area (Å²) >= 11 is 0. The van der Waals surface area contributed by atoms with Crippen molar-refractivity contribution < 1.29 is 30.0 Å². The van der Waals surface area contributed by atoms with Crippen LogP contribution >= 0.6 is 21.6 Å². The summed E-state index contributed by atoms with van der Waals surface area (Å²) in [6, 6.07) is -1.31. The van der Waals surface area contributed by atoms with E-state index in [2.05, 4.69) is 0 Å². The number of amides is 2. The van der Waals surface area contributed by atoms with Crippen molar-refractivity contribution in [1.82, 2.24) is 9.80 Å². The minimum absolute atomic E-state index is 0.251. The van der Waals surface area contributed by atoms with Gasteiger partial charge in [0.2, 0.25) is 0 Å². The second-order valence-corrected chi connectivity index (χ2v) is 11.2. The lowest BCUT2D eigenvalue weighted by Gasteiger charge is -2.59. The van der Waals surface area contributed by atoms with Crippen molar-refractivity contribution in [3.63, 3.8) is 0 Å². The van der Waals surface area contributed by atoms with Crippen molar-refractivity contribution in [2.45, 2.75) is 59.1 Å². The molecule has 5 saturated heterocycles. The van der Waals surface area contributed by atoms with E-state index in [1.54, 1.807) is 0 Å². The first kappa shape index (κ1) is 17.8. The van der Waals surface area contributed by atoms with Gasteiger partial charge < -0.3 is 30.2 Å². The Bertz CT molecular complexity index is 784. The van der Waals surface area contributed by atoms with Crippen LogP contribution in [0.1, 0.15) is 12.8 Å². The second kappa shape index (κ2) is 5.35. The van der Waals surface area contributed by atoms with E-state index in [1.807, 2.05) is 0 Å². The maximum Gasteiger partial charge on any atom is 0.261 e. The fourth-order valence-electron chi connectivity index (χ4n) is 6.08. The number of carbonyl (C=O) groups excluding carboxylic acids is 2. The second-order valence-electron chi connectivity index (χ2n) is 8.54. The van der Waals surface area contributed by atoms with Crippen LogP contribution in [0.3, 0.4) is 0 Å². The van der Waals surface area contributed by atoms with Crippen LogP contribution in [0.2, 0.25) is 0 Å². The quantitative estimate of drug-likeness (QED) is 0.283. The number of hydrogen-bond acceptors (Lipinski definition) is 8. The summed E-state index contributed by atoms with van der Waals surface area (Å²) in [5, 5.41) is 42.0. The average molecular weight is 425 g/mol. The maximum atomic E-state index is 13.8. The van der Waals surface area contributed by atoms with Crippen molar-refractivity contribution in [3.05, 3.63) is 24.3 Å². The van der Waals surface area contributed by atoms with Gasteiger partial charge >= 0.3 is 0 Å². The lowest BCUT2D eigenvalue weighted by atomic mass is 9.84. The first-order valence-corrected chi connectivity index (χ1v) is 11.6. The molecule has 5 fully saturated rings. The number of aliphatic hydroxyl groups excluding tert-OH is 4. The Morgan fingerprint density at radius 1 is 0.714 bits per heavy atom. The summed E-state index contributed by atoms with van der Waals surface area (Å²) in [6.45, 7) is 0. The number of carbonyl (C=O) groups is 2. The predicted molar refractivity (Wildman–Crippen MR) is 100 cm³/mol. The molecule has 10 heteroatoms. The molecule has 7 rings (SSSR count). The van der Waals surface area contributed by atoms with E-state index < -0.39 is 58.1 Å². The highest BCUT2D eigenvalue weighted by Crippen LogP contribution is 2.70. The molecular formula is C18H20N2O6S2. The van der Waals surface area contributed by atoms with Gasteiger partial charge in [-0.25, -0.2) is 0 Å². The average Bonchev–Trinajstić information content (AvgIpc) is 3.22. The number of piperazine rings is 1. The molecule has 4 N–H and O–H groups in total. The summed E-state index contributed by atoms with van der Waals surface area (Å²) in [5.41, 5.74) is 0. The van der Waals surface area contributed by atoms with Crippen LogP contribution in [-0.2, 0) is 9.59 Å². The highest BCUT2D eigenvalue weighted by atomic mass is 33.1. The third-order valence-electron chi connectivity index (χ3n) is 7.29. The van der Waals surface area contributed by atoms with E-state index in [1.165, 1.54) is 55.7 Å². The molecule has 150 valence electrons. The largest absolute Gasteiger partial charge is 0.389 e. The van der Waals surface area contributed by atoms with Gasteiger partial charge in [-0.3, -0.25) is 9.59 Å². The van der Waals surface area contributed by atoms with Crippen LogP contribution in [0.15, 0.2) is 24.3 Å². The van der Waals surface area contributed by atoms with Gasteiger partial charge in [0, 0.05) is 11.8 Å². The Kier molecular flexibility index (Phi) is 3.40. The van der Waals surface area contributed by atoms with Gasteiger partial charge in [-0.15, -0.1) is 0 Å². The van der Waals surface area contributed by atoms with Crippen molar-refractivity contribution in [3.8, 4) is 0 Å². The maximum absolute atomic E-state index is 13.8. The molecule has 0 radical (unpaired) electrons. The standard InChI is InChI=1S/C18H20N2O6S2/c21-9-1-3-11(23)13-7(9)5-17-15(25)20-14-8(10(22)2-4-12(14)24)6-18(20,28-27-17)16(26)19(13)17/h1-4,7-14,21-24H,5-6H2/t7-,8-,9-,10+,11+,12+,13+,14+,17-,18-/m1/s1. The Hall–Kier alpha value is -1.04. The highest BCUT2D eigenvalue weighted by Gasteiger charge is 2.79. The molecule has 10 atom stereocenters. The Morgan fingerprint density at radius 2 is 1.07 bits per heavy atom. The lowest BCUT2D eigenvalue weighted by Crippen LogP contribution is -2.77. The van der Waals surface area contributed by atoms with Crippen molar-refractivity contribution in [1.29, 1.82) is 0 Å². The fraction of sp³-hybridized carbons (Fsp3) is 0.667. The topological polar surface area (TPSA) is 122 Å². The van der Waals surface area contributed by atoms with E-state index in [-0.39, 0.29) is 24.7 Å². The lowest BCUT2D eigenvalue weighted by molar-refractivity contribution is -0.169. The van der Waals surface area contributed by atoms with E-state index in [9.17, 15) is 30.0 Å². The van der Waals surface area contributed by atoms with Crippen molar-refractivity contribution in [2.24, 2.45) is 11.8 Å². The first-order chi connectivity index (χ1) is 13.3. The summed E-state index contributed by atoms with van der Waals surface area (Å²) in [4.78, 5) is 28.2. The highest BCUT2D eigenvalue weighted by molar-refractivity contribution is 8.78. The van der Waals surface area contributed by atoms with E-state index >= 15 is 0 Å². The molecule has 7 aliphatic rings. The molecule has 0 unspecified atom stereocenters. The number of aliphatic hydroxyl groups is 4. The normalized spacial score (nSPS) is 56.0. The van der Waals surface area contributed by atoms with Gasteiger partial charge in [0.1, 0.15) is 0 Å². The Labute approximate surface area is 168 Å². The van der Waals surface area contributed by atoms with Crippen LogP contribution in [-0.4, -0.2) is 88.3 Å². The van der Waals surface area contributed by atoms with E-state index in [0.29, 0.717) is 0 Å². The molecule has 0 aromatic rings. The van der Waals surface area contributed by atoms with Crippen LogP contribution in [0.5, 0.6) is 0 Å². The number of hydrogen-bond donors (Lipinski definition) is 4. The molecule has 2 spiro atoms. The number of nitrogens with zero attached hydrogens (tertiary/aromatic N) is 2. The van der Waals surface area contributed by atoms with Gasteiger partial charge in [0.25, 0.3) is 11.8 Å². The molecule has 0 aromatic heterocycles. The summed E-state index contributed by atoms with van der Waals surface area (Å²) in [7, 11) is 2.65. The summed E-state index contributed by atoms with van der Waals surface area (Å²) < 4.78 is 0. The van der Waals surface area contributed by atoms with Crippen molar-refractivity contribution in [2.75, 3.05) is 0 Å². The predicted octanol–water partition coefficient (Wildman–Crippen LogP) is -1.20. The van der Waals surface area contributed by atoms with E-state index in [4.69, 9.17) is 0 Å². The van der Waals surface area contributed by atoms with Gasteiger partial charge in [-0.05, 0) is 12.8 Å². The molecule has 28 heavy (non-hydrogen) atoms. The van der Waals surface area contributed by atoms with Crippen LogP contribution < -0.4 is 0 Å². The smallest absolute Gasteiger partial charge is 0.261 e. The Balaban J connectivity index is 1.50. The van der Waals surface area contributed by atoms with Gasteiger partial charge in [-0.1, -0.05) is 45.9 Å². The monoisotopic (exact) mass is 424 g/mol. The fourth-order valence-corrected chi connectivity index (χ4v) is 9.93. The summed E-state index contributed by atoms with van der Waals surface area (Å²) in [6.07, 6.45) is 2.99. The van der Waals surface area contributed by atoms with Crippen LogP contribution in [0, 0.1) is 11.8 Å². The molecule has 2 aliphatic carbocycles. The number of rotatable bonds is 0. The molecule has 2 bridgehead atoms. The van der Waals surface area contributed by atoms with Gasteiger partial charge in [0.05, 0.1) is 36.5 Å². The molecule has 5 heterocycles. The van der Waals surface area contributed by atoms with E-state index in [0.717, 1.165) is 0 Å². The van der Waals surface area contributed by atoms with Crippen LogP contribution in [0.4, 0.5) is 0 Å². The van der Waals surface area contributed by atoms with Gasteiger partial charge in [-0.2, -0.15) is 0 Å². The zero-order valence-corrected chi connectivity index (χ0v) is 16.3. The molecule has 0 saturated carbocycles. The molecule has 0 aromatic carbocycles. The SMILES string of the molecule is O=C1N2[C@H]3[C@H](C[C@]24SS[C@]12C[C@H]1[C@@H]([C@@H](O)C=C[C@H]1O)N2C4=O)[C@@H](O)C=C[C@@H]3O. The molecule has 8 nitrogen and oxygen atoms in total. The zero-order chi connectivity index (χ0) is 19.6. The third-order valence-corrected chi connectivity index (χ3v) is 10.9. The summed E-state index contributed by atoms with van der Waals surface area (Å²) in [5.74, 6) is -1.38. The van der Waals surface area contributed by atoms with Crippen molar-refractivity contribution >= 4 is 33.4 Å². The van der Waals surface area contributed by atoms with Gasteiger partial charge in [0.15, 0.2) is 9.74 Å². The van der Waals surface area contributed by atoms with Crippen LogP contribution in [0.25, 0.3) is 0 Å². The molecule has 5 aliphatic heterocycles. The minimum Gasteiger partial charge on any atom is -0.389 e. The zero-order valence-electron chi connectivity index (χ0n) is 14.7. The minimum atomic E-state index is -1.20. The Morgan fingerprint density at radius 3 is 1.46 bits per heavy atom. The molecular weight excluding hydrogens is 404 g/mol. The number of fused-ring (bicyclic) bond motifs is 3. The first-order valence-electron chi connectivity index (χ1n) is 9.45. The molecule has 2 amide bonds.